The summed E-state index contributed by atoms with van der Waals surface area (Å²) < 4.78 is 5.31. The third kappa shape index (κ3) is 3.42. The smallest absolute Gasteiger partial charge is 0.290 e. The van der Waals surface area contributed by atoms with Gasteiger partial charge in [0.2, 0.25) is 0 Å². The zero-order valence-corrected chi connectivity index (χ0v) is 14.9. The third-order valence-electron chi connectivity index (χ3n) is 4.40. The van der Waals surface area contributed by atoms with Gasteiger partial charge in [-0.15, -0.1) is 0 Å². The molecule has 24 heavy (non-hydrogen) atoms. The molecule has 3 rings (SSSR count). The molecule has 0 aliphatic carbocycles. The van der Waals surface area contributed by atoms with Crippen molar-refractivity contribution >= 4 is 34.7 Å². The molecule has 128 valence electrons. The Morgan fingerprint density at radius 1 is 1.38 bits per heavy atom. The van der Waals surface area contributed by atoms with E-state index in [9.17, 15) is 9.59 Å². The van der Waals surface area contributed by atoms with E-state index in [2.05, 4.69) is 29.2 Å². The maximum atomic E-state index is 11.8. The van der Waals surface area contributed by atoms with Crippen LogP contribution in [0.5, 0.6) is 5.75 Å². The van der Waals surface area contributed by atoms with E-state index in [1.54, 1.807) is 13.2 Å². The summed E-state index contributed by atoms with van der Waals surface area (Å²) in [6.45, 7) is 1.90. The highest BCUT2D eigenvalue weighted by molar-refractivity contribution is 8.18. The number of rotatable bonds is 4. The van der Waals surface area contributed by atoms with E-state index < -0.39 is 0 Å². The molecule has 0 bridgehead atoms. The average Bonchev–Trinajstić information content (AvgIpc) is 3.14. The van der Waals surface area contributed by atoms with Crippen LogP contribution >= 0.6 is 11.8 Å². The molecule has 0 unspecified atom stereocenters. The Kier molecular flexibility index (Phi) is 4.82. The largest absolute Gasteiger partial charge is 0.497 e. The average molecular weight is 347 g/mol. The van der Waals surface area contributed by atoms with Crippen LogP contribution in [0.1, 0.15) is 12.0 Å². The van der Waals surface area contributed by atoms with E-state index >= 15 is 0 Å². The van der Waals surface area contributed by atoms with E-state index in [0.717, 1.165) is 48.3 Å². The van der Waals surface area contributed by atoms with Crippen molar-refractivity contribution in [2.75, 3.05) is 39.2 Å². The number of hydrogen-bond donors (Lipinski definition) is 1. The van der Waals surface area contributed by atoms with Crippen LogP contribution in [-0.4, -0.2) is 56.4 Å². The number of likely N-dealkylation sites (N-methyl/N-ethyl adjacent to an activating group) is 1. The number of methoxy groups -OCH3 is 1. The maximum absolute atomic E-state index is 11.8. The highest BCUT2D eigenvalue weighted by atomic mass is 32.2. The molecule has 0 spiro atoms. The topological polar surface area (TPSA) is 61.9 Å². The Morgan fingerprint density at radius 2 is 2.17 bits per heavy atom. The van der Waals surface area contributed by atoms with Crippen molar-refractivity contribution in [1.82, 2.24) is 10.2 Å². The van der Waals surface area contributed by atoms with Gasteiger partial charge in [-0.1, -0.05) is 0 Å². The highest BCUT2D eigenvalue weighted by Crippen LogP contribution is 2.33. The fraction of sp³-hybridized carbons (Fsp3) is 0.412. The molecule has 2 fully saturated rings. The summed E-state index contributed by atoms with van der Waals surface area (Å²) in [5.41, 5.74) is 1.95. The van der Waals surface area contributed by atoms with Gasteiger partial charge in [0.15, 0.2) is 0 Å². The second-order valence-corrected chi connectivity index (χ2v) is 7.14. The van der Waals surface area contributed by atoms with Gasteiger partial charge in [0, 0.05) is 30.4 Å². The number of benzene rings is 1. The van der Waals surface area contributed by atoms with Crippen LogP contribution in [0.4, 0.5) is 10.5 Å². The first-order valence-corrected chi connectivity index (χ1v) is 8.64. The predicted molar refractivity (Wildman–Crippen MR) is 96.4 cm³/mol. The van der Waals surface area contributed by atoms with Crippen LogP contribution < -0.4 is 15.0 Å². The predicted octanol–water partition coefficient (Wildman–Crippen LogP) is 2.16. The standard InChI is InChI=1S/C17H21N3O3S/c1-19(2)12-6-7-20(10-12)14-5-4-13(23-3)8-11(14)9-15-16(21)18-17(22)24-15/h4-5,8-9,12H,6-7,10H2,1-3H3,(H,18,21,22)/b15-9-/t12-/m0/s1. The Balaban J connectivity index is 1.94. The summed E-state index contributed by atoms with van der Waals surface area (Å²) in [6.07, 6.45) is 2.87. The maximum Gasteiger partial charge on any atom is 0.290 e. The normalized spacial score (nSPS) is 22.6. The second kappa shape index (κ2) is 6.86. The number of carbonyl (C=O) groups is 2. The minimum atomic E-state index is -0.341. The Morgan fingerprint density at radius 3 is 2.75 bits per heavy atom. The van der Waals surface area contributed by atoms with Crippen molar-refractivity contribution in [3.63, 3.8) is 0 Å². The molecule has 2 saturated heterocycles. The van der Waals surface area contributed by atoms with E-state index in [1.165, 1.54) is 0 Å². The Labute approximate surface area is 145 Å². The highest BCUT2D eigenvalue weighted by Gasteiger charge is 2.28. The van der Waals surface area contributed by atoms with E-state index in [4.69, 9.17) is 4.74 Å². The van der Waals surface area contributed by atoms with Crippen molar-refractivity contribution in [1.29, 1.82) is 0 Å². The van der Waals surface area contributed by atoms with Crippen LogP contribution in [0.25, 0.3) is 6.08 Å². The summed E-state index contributed by atoms with van der Waals surface area (Å²) in [4.78, 5) is 28.2. The zero-order valence-electron chi connectivity index (χ0n) is 14.0. The van der Waals surface area contributed by atoms with Crippen LogP contribution in [0.15, 0.2) is 23.1 Å². The molecule has 1 N–H and O–H groups in total. The van der Waals surface area contributed by atoms with E-state index in [-0.39, 0.29) is 11.1 Å². The van der Waals surface area contributed by atoms with Crippen LogP contribution in [0.2, 0.25) is 0 Å². The number of carbonyl (C=O) groups excluding carboxylic acids is 2. The summed E-state index contributed by atoms with van der Waals surface area (Å²) in [5.74, 6) is 0.384. The van der Waals surface area contributed by atoms with Crippen molar-refractivity contribution in [2.24, 2.45) is 0 Å². The van der Waals surface area contributed by atoms with Crippen LogP contribution in [0, 0.1) is 0 Å². The van der Waals surface area contributed by atoms with Gasteiger partial charge in [-0.3, -0.25) is 14.9 Å². The zero-order chi connectivity index (χ0) is 17.3. The van der Waals surface area contributed by atoms with E-state index in [0.29, 0.717) is 10.9 Å². The van der Waals surface area contributed by atoms with Gasteiger partial charge in [0.05, 0.1) is 12.0 Å². The lowest BCUT2D eigenvalue weighted by atomic mass is 10.1. The monoisotopic (exact) mass is 347 g/mol. The summed E-state index contributed by atoms with van der Waals surface area (Å²) in [7, 11) is 5.80. The molecule has 0 saturated carbocycles. The minimum Gasteiger partial charge on any atom is -0.497 e. The minimum absolute atomic E-state index is 0.329. The molecular formula is C17H21N3O3S. The number of hydrogen-bond acceptors (Lipinski definition) is 6. The molecule has 2 aliphatic heterocycles. The lowest BCUT2D eigenvalue weighted by Crippen LogP contribution is -2.31. The van der Waals surface area contributed by atoms with Crippen molar-refractivity contribution in [3.8, 4) is 5.75 Å². The Hall–Kier alpha value is -1.99. The number of imide groups is 1. The van der Waals surface area contributed by atoms with Gasteiger partial charge in [0.25, 0.3) is 11.1 Å². The number of anilines is 1. The molecule has 2 amide bonds. The van der Waals surface area contributed by atoms with Gasteiger partial charge in [0.1, 0.15) is 5.75 Å². The van der Waals surface area contributed by atoms with Gasteiger partial charge < -0.3 is 14.5 Å². The Bertz CT molecular complexity index is 702. The van der Waals surface area contributed by atoms with Gasteiger partial charge in [-0.2, -0.15) is 0 Å². The molecule has 0 radical (unpaired) electrons. The lowest BCUT2D eigenvalue weighted by Gasteiger charge is -2.23. The first-order valence-electron chi connectivity index (χ1n) is 7.82. The van der Waals surface area contributed by atoms with Crippen molar-refractivity contribution < 1.29 is 14.3 Å². The third-order valence-corrected chi connectivity index (χ3v) is 5.21. The van der Waals surface area contributed by atoms with Gasteiger partial charge in [-0.25, -0.2) is 0 Å². The number of ether oxygens (including phenoxy) is 1. The fourth-order valence-electron chi connectivity index (χ4n) is 3.01. The van der Waals surface area contributed by atoms with Crippen LogP contribution in [0.3, 0.4) is 0 Å². The van der Waals surface area contributed by atoms with Crippen LogP contribution in [-0.2, 0) is 4.79 Å². The molecular weight excluding hydrogens is 326 g/mol. The SMILES string of the molecule is COc1ccc(N2CC[C@H](N(C)C)C2)c(/C=C2\SC(=O)NC2=O)c1. The van der Waals surface area contributed by atoms with E-state index in [1.807, 2.05) is 18.2 Å². The number of thioether (sulfide) groups is 1. The molecule has 6 nitrogen and oxygen atoms in total. The van der Waals surface area contributed by atoms with Crippen molar-refractivity contribution in [3.05, 3.63) is 28.7 Å². The molecule has 2 heterocycles. The van der Waals surface area contributed by atoms with Gasteiger partial charge >= 0.3 is 0 Å². The van der Waals surface area contributed by atoms with Gasteiger partial charge in [-0.05, 0) is 56.6 Å². The number of nitrogens with zero attached hydrogens (tertiary/aromatic N) is 2. The number of amides is 2. The first kappa shape index (κ1) is 16.9. The molecule has 2 aliphatic rings. The molecule has 1 aromatic carbocycles. The molecule has 1 atom stereocenters. The first-order chi connectivity index (χ1) is 11.5. The summed E-state index contributed by atoms with van der Waals surface area (Å²) in [6, 6.07) is 6.36. The number of nitrogens with one attached hydrogen (secondary N) is 1. The molecule has 0 aromatic heterocycles. The molecule has 1 aromatic rings. The fourth-order valence-corrected chi connectivity index (χ4v) is 3.68. The quantitative estimate of drug-likeness (QED) is 0.842. The second-order valence-electron chi connectivity index (χ2n) is 6.13. The summed E-state index contributed by atoms with van der Waals surface area (Å²) in [5, 5.41) is 1.96. The lowest BCUT2D eigenvalue weighted by molar-refractivity contribution is -0.115. The summed E-state index contributed by atoms with van der Waals surface area (Å²) >= 11 is 0.933. The molecule has 7 heteroatoms. The van der Waals surface area contributed by atoms with Crippen molar-refractivity contribution in [2.45, 2.75) is 12.5 Å².